The molecule has 1 saturated carbocycles. The van der Waals surface area contributed by atoms with Crippen LogP contribution in [0.5, 0.6) is 0 Å². The van der Waals surface area contributed by atoms with Gasteiger partial charge in [0.1, 0.15) is 0 Å². The zero-order valence-electron chi connectivity index (χ0n) is 10.9. The molecular weight excluding hydrogens is 246 g/mol. The number of aromatic nitrogens is 2. The number of hydrogen-bond donors (Lipinski definition) is 1. The third-order valence-corrected chi connectivity index (χ3v) is 3.96. The fourth-order valence-electron chi connectivity index (χ4n) is 2.66. The summed E-state index contributed by atoms with van der Waals surface area (Å²) >= 11 is 0. The normalized spacial score (nSPS) is 22.8. The monoisotopic (exact) mass is 263 g/mol. The maximum absolute atomic E-state index is 12.3. The number of carboxylic acids is 1. The van der Waals surface area contributed by atoms with Crippen LogP contribution in [0.3, 0.4) is 0 Å². The molecule has 6 nitrogen and oxygen atoms in total. The molecule has 2 fully saturated rings. The number of rotatable bonds is 3. The summed E-state index contributed by atoms with van der Waals surface area (Å²) in [5.74, 6) is -0.860. The highest BCUT2D eigenvalue weighted by Gasteiger charge is 2.33. The van der Waals surface area contributed by atoms with Crippen LogP contribution in [-0.4, -0.2) is 44.8 Å². The van der Waals surface area contributed by atoms with E-state index in [1.165, 1.54) is 0 Å². The predicted molar refractivity (Wildman–Crippen MR) is 66.8 cm³/mol. The number of hydrogen-bond acceptors (Lipinski definition) is 3. The van der Waals surface area contributed by atoms with E-state index in [1.807, 2.05) is 13.1 Å². The van der Waals surface area contributed by atoms with Crippen molar-refractivity contribution in [3.63, 3.8) is 0 Å². The first-order chi connectivity index (χ1) is 9.06. The Kier molecular flexibility index (Phi) is 2.80. The highest BCUT2D eigenvalue weighted by Crippen LogP contribution is 2.40. The van der Waals surface area contributed by atoms with Gasteiger partial charge in [0.15, 0.2) is 5.69 Å². The van der Waals surface area contributed by atoms with Crippen LogP contribution in [-0.2, 0) is 11.8 Å². The van der Waals surface area contributed by atoms with Gasteiger partial charge in [-0.25, -0.2) is 0 Å². The van der Waals surface area contributed by atoms with E-state index >= 15 is 0 Å². The Morgan fingerprint density at radius 3 is 2.68 bits per heavy atom. The highest BCUT2D eigenvalue weighted by molar-refractivity contribution is 5.93. The minimum absolute atomic E-state index is 0.147. The maximum Gasteiger partial charge on any atom is 0.308 e. The highest BCUT2D eigenvalue weighted by atomic mass is 16.4. The largest absolute Gasteiger partial charge is 0.481 e. The molecule has 0 bridgehead atoms. The van der Waals surface area contributed by atoms with Crippen molar-refractivity contribution < 1.29 is 14.7 Å². The molecule has 1 atom stereocenters. The van der Waals surface area contributed by atoms with E-state index in [-0.39, 0.29) is 5.91 Å². The summed E-state index contributed by atoms with van der Waals surface area (Å²) in [6.45, 7) is 0.800. The first-order valence-electron chi connectivity index (χ1n) is 6.62. The van der Waals surface area contributed by atoms with Crippen molar-refractivity contribution in [3.05, 3.63) is 17.5 Å². The van der Waals surface area contributed by atoms with Gasteiger partial charge in [-0.1, -0.05) is 0 Å². The first kappa shape index (κ1) is 12.2. The molecule has 102 valence electrons. The average Bonchev–Trinajstić information content (AvgIpc) is 2.95. The van der Waals surface area contributed by atoms with Crippen LogP contribution < -0.4 is 0 Å². The lowest BCUT2D eigenvalue weighted by Gasteiger charge is -2.13. The average molecular weight is 263 g/mol. The fourth-order valence-corrected chi connectivity index (χ4v) is 2.66. The van der Waals surface area contributed by atoms with Gasteiger partial charge in [0.25, 0.3) is 5.91 Å². The minimum atomic E-state index is -0.824. The number of amides is 1. The number of carbonyl (C=O) groups excluding carboxylic acids is 1. The van der Waals surface area contributed by atoms with Crippen molar-refractivity contribution >= 4 is 11.9 Å². The van der Waals surface area contributed by atoms with E-state index in [0.29, 0.717) is 31.1 Å². The van der Waals surface area contributed by atoms with Gasteiger partial charge in [-0.3, -0.25) is 14.3 Å². The molecule has 2 heterocycles. The first-order valence-corrected chi connectivity index (χ1v) is 6.62. The van der Waals surface area contributed by atoms with E-state index in [4.69, 9.17) is 5.11 Å². The molecular formula is C13H17N3O3. The summed E-state index contributed by atoms with van der Waals surface area (Å²) in [5, 5.41) is 13.2. The summed E-state index contributed by atoms with van der Waals surface area (Å²) < 4.78 is 1.77. The van der Waals surface area contributed by atoms with Crippen LogP contribution >= 0.6 is 0 Å². The fraction of sp³-hybridized carbons (Fsp3) is 0.615. The molecule has 1 saturated heterocycles. The Balaban J connectivity index is 1.73. The van der Waals surface area contributed by atoms with Gasteiger partial charge >= 0.3 is 5.97 Å². The van der Waals surface area contributed by atoms with E-state index in [9.17, 15) is 9.59 Å². The van der Waals surface area contributed by atoms with Crippen molar-refractivity contribution in [2.75, 3.05) is 13.1 Å². The second-order valence-corrected chi connectivity index (χ2v) is 5.43. The number of carboxylic acid groups (broad SMARTS) is 1. The molecule has 0 aromatic carbocycles. The lowest BCUT2D eigenvalue weighted by molar-refractivity contribution is -0.141. The second-order valence-electron chi connectivity index (χ2n) is 5.43. The second kappa shape index (κ2) is 4.36. The number of likely N-dealkylation sites (tertiary alicyclic amines) is 1. The summed E-state index contributed by atoms with van der Waals surface area (Å²) in [4.78, 5) is 24.8. The third kappa shape index (κ3) is 2.22. The van der Waals surface area contributed by atoms with Gasteiger partial charge in [0, 0.05) is 31.7 Å². The summed E-state index contributed by atoms with van der Waals surface area (Å²) in [6, 6.07) is 1.86. The molecule has 1 aromatic heterocycles. The van der Waals surface area contributed by atoms with E-state index in [1.54, 1.807) is 9.58 Å². The summed E-state index contributed by atoms with van der Waals surface area (Å²) in [7, 11) is 1.86. The van der Waals surface area contributed by atoms with Crippen LogP contribution in [0.25, 0.3) is 0 Å². The van der Waals surface area contributed by atoms with Gasteiger partial charge in [0.05, 0.1) is 5.92 Å². The van der Waals surface area contributed by atoms with Crippen LogP contribution in [0.15, 0.2) is 6.07 Å². The minimum Gasteiger partial charge on any atom is -0.481 e. The number of aliphatic carboxylic acids is 1. The molecule has 19 heavy (non-hydrogen) atoms. The molecule has 1 unspecified atom stereocenters. The van der Waals surface area contributed by atoms with Crippen molar-refractivity contribution in [2.45, 2.75) is 25.2 Å². The molecule has 1 amide bonds. The summed E-state index contributed by atoms with van der Waals surface area (Å²) in [6.07, 6.45) is 2.86. The van der Waals surface area contributed by atoms with Crippen molar-refractivity contribution in [2.24, 2.45) is 13.0 Å². The molecule has 6 heteroatoms. The SMILES string of the molecule is Cn1nc(C(=O)N2CCC(C(=O)O)C2)cc1C1CC1. The van der Waals surface area contributed by atoms with E-state index < -0.39 is 11.9 Å². The van der Waals surface area contributed by atoms with Crippen molar-refractivity contribution in [1.82, 2.24) is 14.7 Å². The Morgan fingerprint density at radius 2 is 2.11 bits per heavy atom. The van der Waals surface area contributed by atoms with Gasteiger partial charge in [-0.05, 0) is 25.3 Å². The summed E-state index contributed by atoms with van der Waals surface area (Å²) in [5.41, 5.74) is 1.55. The lowest BCUT2D eigenvalue weighted by atomic mass is 10.1. The predicted octanol–water partition coefficient (Wildman–Crippen LogP) is 0.844. The molecule has 1 aliphatic heterocycles. The Hall–Kier alpha value is -1.85. The number of aryl methyl sites for hydroxylation is 1. The molecule has 1 aromatic rings. The van der Waals surface area contributed by atoms with Crippen LogP contribution in [0.1, 0.15) is 41.4 Å². The Bertz CT molecular complexity index is 533. The lowest BCUT2D eigenvalue weighted by Crippen LogP contribution is -2.30. The molecule has 1 aliphatic carbocycles. The van der Waals surface area contributed by atoms with Crippen LogP contribution in [0.4, 0.5) is 0 Å². The standard InChI is InChI=1S/C13H17N3O3/c1-15-11(8-2-3-8)6-10(14-15)12(17)16-5-4-9(7-16)13(18)19/h6,8-9H,2-5,7H2,1H3,(H,18,19). The maximum atomic E-state index is 12.3. The zero-order valence-corrected chi connectivity index (χ0v) is 10.9. The molecule has 2 aliphatic rings. The van der Waals surface area contributed by atoms with Gasteiger partial charge in [0.2, 0.25) is 0 Å². The Labute approximate surface area is 111 Å². The van der Waals surface area contributed by atoms with Gasteiger partial charge < -0.3 is 10.0 Å². The number of carbonyl (C=O) groups is 2. The topological polar surface area (TPSA) is 75.4 Å². The van der Waals surface area contributed by atoms with Crippen molar-refractivity contribution in [3.8, 4) is 0 Å². The molecule has 0 spiro atoms. The van der Waals surface area contributed by atoms with Crippen LogP contribution in [0, 0.1) is 5.92 Å². The molecule has 3 rings (SSSR count). The van der Waals surface area contributed by atoms with Gasteiger partial charge in [-0.15, -0.1) is 0 Å². The number of nitrogens with zero attached hydrogens (tertiary/aromatic N) is 3. The smallest absolute Gasteiger partial charge is 0.308 e. The molecule has 1 N–H and O–H groups in total. The quantitative estimate of drug-likeness (QED) is 0.877. The third-order valence-electron chi connectivity index (χ3n) is 3.96. The van der Waals surface area contributed by atoms with E-state index in [0.717, 1.165) is 18.5 Å². The zero-order chi connectivity index (χ0) is 13.6. The Morgan fingerprint density at radius 1 is 1.37 bits per heavy atom. The van der Waals surface area contributed by atoms with Gasteiger partial charge in [-0.2, -0.15) is 5.10 Å². The van der Waals surface area contributed by atoms with Crippen molar-refractivity contribution in [1.29, 1.82) is 0 Å². The van der Waals surface area contributed by atoms with Crippen LogP contribution in [0.2, 0.25) is 0 Å². The molecule has 0 radical (unpaired) electrons. The van der Waals surface area contributed by atoms with E-state index in [2.05, 4.69) is 5.10 Å².